The van der Waals surface area contributed by atoms with Crippen LogP contribution in [0.4, 0.5) is 17.2 Å². The molecule has 0 unspecified atom stereocenters. The molecule has 0 saturated carbocycles. The van der Waals surface area contributed by atoms with Gasteiger partial charge in [0.25, 0.3) is 5.69 Å². The molecule has 1 fully saturated rings. The molecule has 0 bridgehead atoms. The predicted octanol–water partition coefficient (Wildman–Crippen LogP) is 2.65. The van der Waals surface area contributed by atoms with Crippen molar-refractivity contribution < 1.29 is 4.92 Å². The van der Waals surface area contributed by atoms with E-state index in [1.807, 2.05) is 18.2 Å². The molecule has 1 aliphatic rings. The number of hydrogen-bond donors (Lipinski definition) is 0. The van der Waals surface area contributed by atoms with Gasteiger partial charge in [-0.2, -0.15) is 5.10 Å². The molecule has 26 heavy (non-hydrogen) atoms. The third kappa shape index (κ3) is 3.01. The van der Waals surface area contributed by atoms with E-state index >= 15 is 0 Å². The van der Waals surface area contributed by atoms with Crippen LogP contribution in [0.3, 0.4) is 0 Å². The van der Waals surface area contributed by atoms with E-state index in [0.29, 0.717) is 10.9 Å². The molecule has 0 spiro atoms. The van der Waals surface area contributed by atoms with E-state index in [4.69, 9.17) is 0 Å². The summed E-state index contributed by atoms with van der Waals surface area (Å²) in [5.41, 5.74) is 1.70. The molecule has 132 valence electrons. The molecule has 0 N–H and O–H groups in total. The molecule has 4 rings (SSSR count). The number of nitrogens with zero attached hydrogens (tertiary/aromatic N) is 6. The first-order valence-electron chi connectivity index (χ1n) is 8.54. The maximum Gasteiger partial charge on any atom is 0.278 e. The van der Waals surface area contributed by atoms with Crippen molar-refractivity contribution in [1.82, 2.24) is 15.2 Å². The third-order valence-corrected chi connectivity index (χ3v) is 4.64. The zero-order valence-corrected chi connectivity index (χ0v) is 14.2. The Bertz CT molecular complexity index is 933. The van der Waals surface area contributed by atoms with Crippen molar-refractivity contribution in [2.75, 3.05) is 36.0 Å². The molecule has 3 aromatic rings. The number of fused-ring (bicyclic) bond motifs is 1. The SMILES string of the molecule is O=[N+]([O-])c1ccc(N2CCCN(c3cccnn3)CC2)c2ncccc12. The lowest BCUT2D eigenvalue weighted by Crippen LogP contribution is -2.31. The fraction of sp³-hybridized carbons (Fsp3) is 0.278. The highest BCUT2D eigenvalue weighted by molar-refractivity contribution is 5.97. The Balaban J connectivity index is 1.64. The molecule has 2 aromatic heterocycles. The molecule has 0 atom stereocenters. The summed E-state index contributed by atoms with van der Waals surface area (Å²) >= 11 is 0. The van der Waals surface area contributed by atoms with Crippen LogP contribution >= 0.6 is 0 Å². The highest BCUT2D eigenvalue weighted by atomic mass is 16.6. The summed E-state index contributed by atoms with van der Waals surface area (Å²) in [5, 5.41) is 20.0. The van der Waals surface area contributed by atoms with Crippen LogP contribution in [0, 0.1) is 10.1 Å². The van der Waals surface area contributed by atoms with Crippen LogP contribution in [-0.4, -0.2) is 46.3 Å². The fourth-order valence-electron chi connectivity index (χ4n) is 3.41. The van der Waals surface area contributed by atoms with Crippen molar-refractivity contribution >= 4 is 28.1 Å². The first-order valence-corrected chi connectivity index (χ1v) is 8.54. The van der Waals surface area contributed by atoms with E-state index in [1.54, 1.807) is 30.6 Å². The van der Waals surface area contributed by atoms with Gasteiger partial charge in [0.15, 0.2) is 5.82 Å². The molecular formula is C18H18N6O2. The van der Waals surface area contributed by atoms with E-state index in [2.05, 4.69) is 25.0 Å². The topological polar surface area (TPSA) is 88.3 Å². The van der Waals surface area contributed by atoms with E-state index in [1.165, 1.54) is 0 Å². The lowest BCUT2D eigenvalue weighted by atomic mass is 10.1. The number of rotatable bonds is 3. The second-order valence-corrected chi connectivity index (χ2v) is 6.17. The Hall–Kier alpha value is -3.29. The lowest BCUT2D eigenvalue weighted by molar-refractivity contribution is -0.383. The number of hydrogen-bond acceptors (Lipinski definition) is 7. The van der Waals surface area contributed by atoms with Gasteiger partial charge >= 0.3 is 0 Å². The van der Waals surface area contributed by atoms with Crippen LogP contribution in [0.5, 0.6) is 0 Å². The molecule has 3 heterocycles. The smallest absolute Gasteiger partial charge is 0.278 e. The van der Waals surface area contributed by atoms with Gasteiger partial charge in [-0.15, -0.1) is 5.10 Å². The van der Waals surface area contributed by atoms with Crippen LogP contribution in [0.2, 0.25) is 0 Å². The van der Waals surface area contributed by atoms with Crippen molar-refractivity contribution in [3.8, 4) is 0 Å². The van der Waals surface area contributed by atoms with Crippen molar-refractivity contribution in [2.24, 2.45) is 0 Å². The summed E-state index contributed by atoms with van der Waals surface area (Å²) in [6.07, 6.45) is 4.31. The Morgan fingerprint density at radius 3 is 2.58 bits per heavy atom. The predicted molar refractivity (Wildman–Crippen MR) is 99.5 cm³/mol. The van der Waals surface area contributed by atoms with Crippen molar-refractivity contribution in [2.45, 2.75) is 6.42 Å². The molecule has 8 nitrogen and oxygen atoms in total. The lowest BCUT2D eigenvalue weighted by Gasteiger charge is -2.24. The van der Waals surface area contributed by atoms with Gasteiger partial charge in [0, 0.05) is 44.6 Å². The largest absolute Gasteiger partial charge is 0.368 e. The van der Waals surface area contributed by atoms with Gasteiger partial charge in [-0.25, -0.2) is 0 Å². The van der Waals surface area contributed by atoms with Gasteiger partial charge in [-0.05, 0) is 36.8 Å². The Morgan fingerprint density at radius 1 is 0.962 bits per heavy atom. The Kier molecular flexibility index (Phi) is 4.30. The number of pyridine rings is 1. The third-order valence-electron chi connectivity index (χ3n) is 4.64. The van der Waals surface area contributed by atoms with Crippen molar-refractivity contribution in [3.63, 3.8) is 0 Å². The van der Waals surface area contributed by atoms with Crippen molar-refractivity contribution in [3.05, 3.63) is 58.9 Å². The molecular weight excluding hydrogens is 332 g/mol. The summed E-state index contributed by atoms with van der Waals surface area (Å²) in [5.74, 6) is 0.876. The zero-order chi connectivity index (χ0) is 17.9. The van der Waals surface area contributed by atoms with Crippen LogP contribution in [-0.2, 0) is 0 Å². The van der Waals surface area contributed by atoms with Crippen LogP contribution in [0.25, 0.3) is 10.9 Å². The van der Waals surface area contributed by atoms with Crippen LogP contribution in [0.1, 0.15) is 6.42 Å². The Morgan fingerprint density at radius 2 is 1.77 bits per heavy atom. The van der Waals surface area contributed by atoms with Gasteiger partial charge in [-0.1, -0.05) is 0 Å². The number of aromatic nitrogens is 3. The van der Waals surface area contributed by atoms with Gasteiger partial charge in [0.2, 0.25) is 0 Å². The molecule has 1 aromatic carbocycles. The highest BCUT2D eigenvalue weighted by Gasteiger charge is 2.21. The second kappa shape index (κ2) is 6.91. The highest BCUT2D eigenvalue weighted by Crippen LogP contribution is 2.32. The number of non-ortho nitro benzene ring substituents is 1. The van der Waals surface area contributed by atoms with E-state index in [9.17, 15) is 10.1 Å². The first-order chi connectivity index (χ1) is 12.7. The monoisotopic (exact) mass is 350 g/mol. The molecule has 0 radical (unpaired) electrons. The Labute approximate surface area is 150 Å². The second-order valence-electron chi connectivity index (χ2n) is 6.17. The van der Waals surface area contributed by atoms with Gasteiger partial charge in [0.1, 0.15) is 5.52 Å². The summed E-state index contributed by atoms with van der Waals surface area (Å²) in [7, 11) is 0. The fourth-order valence-corrected chi connectivity index (χ4v) is 3.41. The maximum absolute atomic E-state index is 11.3. The van der Waals surface area contributed by atoms with Crippen LogP contribution < -0.4 is 9.80 Å². The molecule has 0 amide bonds. The van der Waals surface area contributed by atoms with Gasteiger partial charge in [0.05, 0.1) is 16.0 Å². The standard InChI is InChI=1S/C18H18N6O2/c25-24(26)15-6-7-16(18-14(15)4-1-8-19-18)22-10-3-11-23(13-12-22)17-5-2-9-20-21-17/h1-2,4-9H,3,10-13H2. The average molecular weight is 350 g/mol. The normalized spacial score (nSPS) is 15.1. The maximum atomic E-state index is 11.3. The summed E-state index contributed by atoms with van der Waals surface area (Å²) in [6.45, 7) is 3.36. The minimum Gasteiger partial charge on any atom is -0.368 e. The summed E-state index contributed by atoms with van der Waals surface area (Å²) in [6, 6.07) is 10.7. The van der Waals surface area contributed by atoms with Gasteiger partial charge in [-0.3, -0.25) is 15.1 Å². The minimum atomic E-state index is -0.355. The average Bonchev–Trinajstić information content (AvgIpc) is 2.94. The van der Waals surface area contributed by atoms with Crippen LogP contribution in [0.15, 0.2) is 48.8 Å². The number of benzene rings is 1. The number of nitro groups is 1. The summed E-state index contributed by atoms with van der Waals surface area (Å²) < 4.78 is 0. The first kappa shape index (κ1) is 16.2. The van der Waals surface area contributed by atoms with E-state index < -0.39 is 0 Å². The molecule has 0 aliphatic carbocycles. The van der Waals surface area contributed by atoms with E-state index in [0.717, 1.165) is 44.1 Å². The number of anilines is 2. The summed E-state index contributed by atoms with van der Waals surface area (Å²) in [4.78, 5) is 19.8. The van der Waals surface area contributed by atoms with Gasteiger partial charge < -0.3 is 9.80 Å². The molecule has 1 aliphatic heterocycles. The van der Waals surface area contributed by atoms with Crippen molar-refractivity contribution in [1.29, 1.82) is 0 Å². The van der Waals surface area contributed by atoms with E-state index in [-0.39, 0.29) is 10.6 Å². The molecule has 1 saturated heterocycles. The molecule has 8 heteroatoms. The quantitative estimate of drug-likeness (QED) is 0.530. The number of nitro benzene ring substituents is 1. The zero-order valence-electron chi connectivity index (χ0n) is 14.2. The minimum absolute atomic E-state index is 0.0906.